The number of halogens is 1. The van der Waals surface area contributed by atoms with E-state index in [2.05, 4.69) is 20.3 Å². The Morgan fingerprint density at radius 2 is 2.07 bits per heavy atom. The molecule has 0 atom stereocenters. The quantitative estimate of drug-likeness (QED) is 0.559. The summed E-state index contributed by atoms with van der Waals surface area (Å²) < 4.78 is 16.1. The van der Waals surface area contributed by atoms with Crippen LogP contribution in [-0.2, 0) is 0 Å². The van der Waals surface area contributed by atoms with Crippen LogP contribution in [0.4, 0.5) is 9.52 Å². The fourth-order valence-electron chi connectivity index (χ4n) is 3.91. The van der Waals surface area contributed by atoms with Crippen molar-refractivity contribution in [2.24, 2.45) is 0 Å². The summed E-state index contributed by atoms with van der Waals surface area (Å²) in [5.74, 6) is -0.266. The Bertz CT molecular complexity index is 1170. The number of imidazole rings is 1. The second-order valence-electron chi connectivity index (χ2n) is 6.96. The molecule has 1 fully saturated rings. The lowest BCUT2D eigenvalue weighted by atomic mass is 9.91. The summed E-state index contributed by atoms with van der Waals surface area (Å²) in [5, 5.41) is 4.31. The van der Waals surface area contributed by atoms with E-state index in [0.717, 1.165) is 46.7 Å². The van der Waals surface area contributed by atoms with Crippen molar-refractivity contribution in [3.63, 3.8) is 0 Å². The highest BCUT2D eigenvalue weighted by atomic mass is 32.1. The molecule has 1 saturated carbocycles. The first-order valence-electron chi connectivity index (χ1n) is 9.05. The van der Waals surface area contributed by atoms with Crippen LogP contribution in [0.25, 0.3) is 21.4 Å². The van der Waals surface area contributed by atoms with Gasteiger partial charge >= 0.3 is 5.69 Å². The van der Waals surface area contributed by atoms with Gasteiger partial charge in [0, 0.05) is 24.3 Å². The summed E-state index contributed by atoms with van der Waals surface area (Å²) in [6, 6.07) is 8.86. The smallest absolute Gasteiger partial charge is 0.327 e. The van der Waals surface area contributed by atoms with E-state index in [0.29, 0.717) is 11.6 Å². The van der Waals surface area contributed by atoms with Crippen LogP contribution in [0.5, 0.6) is 0 Å². The molecule has 0 aliphatic heterocycles. The number of hydrogen-bond donors (Lipinski definition) is 2. The molecular formula is C19H18FN5OS. The van der Waals surface area contributed by atoms with E-state index in [9.17, 15) is 9.18 Å². The molecule has 0 bridgehead atoms. The molecule has 5 rings (SSSR count). The van der Waals surface area contributed by atoms with E-state index >= 15 is 0 Å². The van der Waals surface area contributed by atoms with Gasteiger partial charge in [-0.05, 0) is 49.9 Å². The third kappa shape index (κ3) is 2.99. The Hall–Kier alpha value is -2.74. The normalized spacial score (nSPS) is 20.3. The Morgan fingerprint density at radius 3 is 2.93 bits per heavy atom. The predicted molar refractivity (Wildman–Crippen MR) is 105 cm³/mol. The minimum absolute atomic E-state index is 0.0895. The zero-order valence-electron chi connectivity index (χ0n) is 14.5. The van der Waals surface area contributed by atoms with E-state index < -0.39 is 0 Å². The van der Waals surface area contributed by atoms with Crippen molar-refractivity contribution in [3.05, 3.63) is 52.8 Å². The van der Waals surface area contributed by atoms with Crippen molar-refractivity contribution in [2.75, 3.05) is 5.32 Å². The van der Waals surface area contributed by atoms with E-state index in [1.54, 1.807) is 28.2 Å². The van der Waals surface area contributed by atoms with E-state index in [-0.39, 0.29) is 17.5 Å². The summed E-state index contributed by atoms with van der Waals surface area (Å²) >= 11 is 1.54. The number of thiazole rings is 1. The third-order valence-corrected chi connectivity index (χ3v) is 6.18. The SMILES string of the molecule is O=c1[nH]c2cccnc2n1C1CCC(Nc2nc3cc(F)ccc3s2)CC1. The molecule has 0 amide bonds. The molecule has 1 aromatic carbocycles. The van der Waals surface area contributed by atoms with E-state index in [4.69, 9.17) is 0 Å². The molecular weight excluding hydrogens is 365 g/mol. The minimum Gasteiger partial charge on any atom is -0.359 e. The van der Waals surface area contributed by atoms with Gasteiger partial charge < -0.3 is 10.3 Å². The molecule has 0 unspecified atom stereocenters. The van der Waals surface area contributed by atoms with Crippen LogP contribution >= 0.6 is 11.3 Å². The summed E-state index contributed by atoms with van der Waals surface area (Å²) in [6.45, 7) is 0. The van der Waals surface area contributed by atoms with Crippen LogP contribution in [0, 0.1) is 5.82 Å². The number of aromatic amines is 1. The molecule has 3 aromatic heterocycles. The fraction of sp³-hybridized carbons (Fsp3) is 0.316. The maximum atomic E-state index is 13.3. The van der Waals surface area contributed by atoms with Gasteiger partial charge in [-0.15, -0.1) is 0 Å². The monoisotopic (exact) mass is 383 g/mol. The maximum absolute atomic E-state index is 13.3. The number of benzene rings is 1. The number of hydrogen-bond acceptors (Lipinski definition) is 5. The first kappa shape index (κ1) is 16.4. The van der Waals surface area contributed by atoms with Crippen molar-refractivity contribution < 1.29 is 4.39 Å². The average molecular weight is 383 g/mol. The first-order chi connectivity index (χ1) is 13.2. The second-order valence-corrected chi connectivity index (χ2v) is 7.99. The second kappa shape index (κ2) is 6.45. The topological polar surface area (TPSA) is 75.6 Å². The lowest BCUT2D eigenvalue weighted by Gasteiger charge is -2.29. The minimum atomic E-state index is -0.266. The van der Waals surface area contributed by atoms with Crippen LogP contribution in [0.15, 0.2) is 41.3 Å². The third-order valence-electron chi connectivity index (χ3n) is 5.21. The zero-order valence-corrected chi connectivity index (χ0v) is 15.3. The van der Waals surface area contributed by atoms with Gasteiger partial charge in [0.05, 0.1) is 15.7 Å². The molecule has 6 nitrogen and oxygen atoms in total. The number of H-pyrrole nitrogens is 1. The number of aromatic nitrogens is 4. The van der Waals surface area contributed by atoms with Gasteiger partial charge in [-0.3, -0.25) is 4.57 Å². The summed E-state index contributed by atoms with van der Waals surface area (Å²) in [4.78, 5) is 24.1. The van der Waals surface area contributed by atoms with Crippen LogP contribution < -0.4 is 11.0 Å². The number of anilines is 1. The highest BCUT2D eigenvalue weighted by Gasteiger charge is 2.25. The predicted octanol–water partition coefficient (Wildman–Crippen LogP) is 4.07. The zero-order chi connectivity index (χ0) is 18.4. The van der Waals surface area contributed by atoms with Gasteiger partial charge in [0.15, 0.2) is 10.8 Å². The molecule has 0 radical (unpaired) electrons. The van der Waals surface area contributed by atoms with Gasteiger partial charge in [-0.25, -0.2) is 19.2 Å². The number of rotatable bonds is 3. The molecule has 138 valence electrons. The Kier molecular flexibility index (Phi) is 3.93. The standard InChI is InChI=1S/C19H18FN5OS/c20-11-3-8-16-15(10-11)23-18(27-16)22-12-4-6-13(7-5-12)25-17-14(24-19(25)26)2-1-9-21-17/h1-3,8-10,12-13H,4-7H2,(H,22,23)(H,24,26). The van der Waals surface area contributed by atoms with E-state index in [1.165, 1.54) is 12.1 Å². The highest BCUT2D eigenvalue weighted by molar-refractivity contribution is 7.22. The summed E-state index contributed by atoms with van der Waals surface area (Å²) in [7, 11) is 0. The van der Waals surface area contributed by atoms with Crippen molar-refractivity contribution in [1.82, 2.24) is 19.5 Å². The Balaban J connectivity index is 1.31. The van der Waals surface area contributed by atoms with Crippen LogP contribution in [0.1, 0.15) is 31.7 Å². The van der Waals surface area contributed by atoms with Gasteiger partial charge in [0.2, 0.25) is 0 Å². The van der Waals surface area contributed by atoms with Crippen LogP contribution in [-0.4, -0.2) is 25.6 Å². The summed E-state index contributed by atoms with van der Waals surface area (Å²) in [5.41, 5.74) is 2.11. The molecule has 27 heavy (non-hydrogen) atoms. The van der Waals surface area contributed by atoms with E-state index in [1.807, 2.05) is 12.1 Å². The lowest BCUT2D eigenvalue weighted by molar-refractivity contribution is 0.334. The Morgan fingerprint density at radius 1 is 1.22 bits per heavy atom. The van der Waals surface area contributed by atoms with Crippen molar-refractivity contribution >= 4 is 37.8 Å². The molecule has 3 heterocycles. The van der Waals surface area contributed by atoms with Crippen LogP contribution in [0.3, 0.4) is 0 Å². The number of fused-ring (bicyclic) bond motifs is 2. The van der Waals surface area contributed by atoms with Crippen LogP contribution in [0.2, 0.25) is 0 Å². The first-order valence-corrected chi connectivity index (χ1v) is 9.87. The fourth-order valence-corrected chi connectivity index (χ4v) is 4.84. The number of nitrogens with zero attached hydrogens (tertiary/aromatic N) is 3. The largest absolute Gasteiger partial charge is 0.359 e. The highest BCUT2D eigenvalue weighted by Crippen LogP contribution is 2.33. The molecule has 2 N–H and O–H groups in total. The van der Waals surface area contributed by atoms with Gasteiger partial charge in [0.1, 0.15) is 5.82 Å². The molecule has 4 aromatic rings. The van der Waals surface area contributed by atoms with Gasteiger partial charge in [-0.2, -0.15) is 0 Å². The number of nitrogens with one attached hydrogen (secondary N) is 2. The molecule has 0 saturated heterocycles. The molecule has 0 spiro atoms. The number of pyridine rings is 1. The van der Waals surface area contributed by atoms with Gasteiger partial charge in [0.25, 0.3) is 0 Å². The maximum Gasteiger partial charge on any atom is 0.327 e. The molecule has 8 heteroatoms. The lowest BCUT2D eigenvalue weighted by Crippen LogP contribution is -2.31. The van der Waals surface area contributed by atoms with Crippen molar-refractivity contribution in [3.8, 4) is 0 Å². The molecule has 1 aliphatic carbocycles. The average Bonchev–Trinajstić information content (AvgIpc) is 3.21. The molecule has 1 aliphatic rings. The van der Waals surface area contributed by atoms with Gasteiger partial charge in [-0.1, -0.05) is 11.3 Å². The Labute approximate surface area is 158 Å². The summed E-state index contributed by atoms with van der Waals surface area (Å²) in [6.07, 6.45) is 5.41. The van der Waals surface area contributed by atoms with Crippen molar-refractivity contribution in [2.45, 2.75) is 37.8 Å². The van der Waals surface area contributed by atoms with Crippen molar-refractivity contribution in [1.29, 1.82) is 0 Å².